The third-order valence-electron chi connectivity index (χ3n) is 4.80. The number of nitrogens with zero attached hydrogens (tertiary/aromatic N) is 4. The molecule has 0 spiro atoms. The number of hydrogen-bond donors (Lipinski definition) is 1. The normalized spacial score (nSPS) is 11.6. The van der Waals surface area contributed by atoms with Gasteiger partial charge in [-0.1, -0.05) is 41.4 Å². The number of hydrogen-bond acceptors (Lipinski definition) is 4. The van der Waals surface area contributed by atoms with Crippen LogP contribution in [0, 0.1) is 17.1 Å². The van der Waals surface area contributed by atoms with Crippen LogP contribution in [-0.2, 0) is 0 Å². The van der Waals surface area contributed by atoms with E-state index < -0.39 is 17.8 Å². The minimum absolute atomic E-state index is 0.0803. The van der Waals surface area contributed by atoms with Gasteiger partial charge in [0.15, 0.2) is 0 Å². The van der Waals surface area contributed by atoms with Crippen LogP contribution in [0.5, 0.6) is 0 Å². The van der Waals surface area contributed by atoms with E-state index in [0.29, 0.717) is 21.3 Å². The van der Waals surface area contributed by atoms with Gasteiger partial charge in [0.25, 0.3) is 5.91 Å². The Bertz CT molecular complexity index is 1320. The van der Waals surface area contributed by atoms with Crippen LogP contribution in [0.25, 0.3) is 5.69 Å². The number of aromatic nitrogens is 3. The first kappa shape index (κ1) is 21.5. The predicted octanol–water partition coefficient (Wildman–Crippen LogP) is 5.10. The average Bonchev–Trinajstić information content (AvgIpc) is 3.33. The Morgan fingerprint density at radius 1 is 1.06 bits per heavy atom. The molecule has 1 aromatic heterocycles. The highest BCUT2D eigenvalue weighted by Gasteiger charge is 2.23. The van der Waals surface area contributed by atoms with Crippen LogP contribution in [0.15, 0.2) is 73.3 Å². The van der Waals surface area contributed by atoms with Crippen LogP contribution in [-0.4, -0.2) is 20.7 Å². The van der Waals surface area contributed by atoms with Crippen LogP contribution in [0.2, 0.25) is 10.0 Å². The molecule has 4 rings (SSSR count). The summed E-state index contributed by atoms with van der Waals surface area (Å²) in [6.07, 6.45) is 2.91. The number of nitrogens with one attached hydrogen (secondary N) is 1. The molecule has 0 saturated heterocycles. The summed E-state index contributed by atoms with van der Waals surface area (Å²) in [7, 11) is 0. The van der Waals surface area contributed by atoms with Crippen molar-refractivity contribution in [3.63, 3.8) is 0 Å². The van der Waals surface area contributed by atoms with Gasteiger partial charge < -0.3 is 5.32 Å². The number of halogens is 3. The minimum Gasteiger partial charge on any atom is -0.341 e. The zero-order valence-electron chi connectivity index (χ0n) is 16.3. The SMILES string of the molecule is N#Cc1ccc(C(=O)N[C@@H](c2ccc(Cl)cc2)c2ccc(Cl)cc2-n2cncn2)cc1F. The summed E-state index contributed by atoms with van der Waals surface area (Å²) in [6, 6.07) is 17.0. The largest absolute Gasteiger partial charge is 0.341 e. The van der Waals surface area contributed by atoms with Gasteiger partial charge in [-0.2, -0.15) is 10.4 Å². The van der Waals surface area contributed by atoms with Crippen molar-refractivity contribution in [2.45, 2.75) is 6.04 Å². The maximum atomic E-state index is 14.1. The zero-order chi connectivity index (χ0) is 22.7. The lowest BCUT2D eigenvalue weighted by Gasteiger charge is -2.23. The van der Waals surface area contributed by atoms with E-state index in [1.54, 1.807) is 48.5 Å². The molecule has 0 bridgehead atoms. The van der Waals surface area contributed by atoms with Gasteiger partial charge in [-0.25, -0.2) is 14.1 Å². The monoisotopic (exact) mass is 465 g/mol. The number of carbonyl (C=O) groups is 1. The second kappa shape index (κ2) is 9.18. The molecule has 1 heterocycles. The molecule has 0 aliphatic heterocycles. The smallest absolute Gasteiger partial charge is 0.252 e. The van der Waals surface area contributed by atoms with Crippen LogP contribution in [0.4, 0.5) is 4.39 Å². The van der Waals surface area contributed by atoms with Crippen LogP contribution >= 0.6 is 23.2 Å². The van der Waals surface area contributed by atoms with Gasteiger partial charge in [-0.3, -0.25) is 4.79 Å². The molecule has 1 N–H and O–H groups in total. The van der Waals surface area contributed by atoms with E-state index in [-0.39, 0.29) is 11.1 Å². The molecule has 0 aliphatic carbocycles. The van der Waals surface area contributed by atoms with Crippen molar-refractivity contribution in [1.82, 2.24) is 20.1 Å². The van der Waals surface area contributed by atoms with Crippen molar-refractivity contribution < 1.29 is 9.18 Å². The van der Waals surface area contributed by atoms with Gasteiger partial charge in [0.1, 0.15) is 24.5 Å². The highest BCUT2D eigenvalue weighted by molar-refractivity contribution is 6.31. The van der Waals surface area contributed by atoms with Crippen LogP contribution < -0.4 is 5.32 Å². The fourth-order valence-corrected chi connectivity index (χ4v) is 3.54. The summed E-state index contributed by atoms with van der Waals surface area (Å²) >= 11 is 12.3. The maximum Gasteiger partial charge on any atom is 0.252 e. The summed E-state index contributed by atoms with van der Waals surface area (Å²) in [5.41, 5.74) is 1.98. The van der Waals surface area contributed by atoms with Crippen molar-refractivity contribution in [3.05, 3.63) is 111 Å². The molecular weight excluding hydrogens is 452 g/mol. The second-order valence-electron chi connectivity index (χ2n) is 6.81. The van der Waals surface area contributed by atoms with Crippen molar-refractivity contribution in [3.8, 4) is 11.8 Å². The Balaban J connectivity index is 1.79. The van der Waals surface area contributed by atoms with Gasteiger partial charge in [0.05, 0.1) is 17.3 Å². The Kier molecular flexibility index (Phi) is 6.17. The zero-order valence-corrected chi connectivity index (χ0v) is 17.8. The molecule has 9 heteroatoms. The lowest BCUT2D eigenvalue weighted by atomic mass is 9.96. The quantitative estimate of drug-likeness (QED) is 0.444. The third kappa shape index (κ3) is 4.47. The van der Waals surface area contributed by atoms with Gasteiger partial charge in [-0.05, 0) is 48.0 Å². The number of carbonyl (C=O) groups excluding carboxylic acids is 1. The molecule has 1 amide bonds. The summed E-state index contributed by atoms with van der Waals surface area (Å²) < 4.78 is 15.6. The van der Waals surface area contributed by atoms with E-state index in [1.807, 2.05) is 0 Å². The molecule has 0 aliphatic rings. The van der Waals surface area contributed by atoms with Crippen molar-refractivity contribution in [2.75, 3.05) is 0 Å². The number of benzene rings is 3. The van der Waals surface area contributed by atoms with Crippen molar-refractivity contribution >= 4 is 29.1 Å². The maximum absolute atomic E-state index is 14.1. The molecule has 4 aromatic rings. The summed E-state index contributed by atoms with van der Waals surface area (Å²) in [4.78, 5) is 17.0. The fraction of sp³-hybridized carbons (Fsp3) is 0.0435. The molecule has 0 unspecified atom stereocenters. The molecule has 0 fully saturated rings. The molecule has 3 aromatic carbocycles. The Labute approximate surface area is 192 Å². The summed E-state index contributed by atoms with van der Waals surface area (Å²) in [5, 5.41) is 17.1. The van der Waals surface area contributed by atoms with E-state index in [4.69, 9.17) is 28.5 Å². The van der Waals surface area contributed by atoms with E-state index in [0.717, 1.165) is 11.6 Å². The molecule has 6 nitrogen and oxygen atoms in total. The lowest BCUT2D eigenvalue weighted by molar-refractivity contribution is 0.0942. The number of amides is 1. The molecule has 158 valence electrons. The number of rotatable bonds is 5. The van der Waals surface area contributed by atoms with Gasteiger partial charge in [-0.15, -0.1) is 0 Å². The second-order valence-corrected chi connectivity index (χ2v) is 7.68. The molecule has 0 saturated carbocycles. The Hall–Kier alpha value is -3.73. The van der Waals surface area contributed by atoms with Crippen molar-refractivity contribution in [1.29, 1.82) is 5.26 Å². The van der Waals surface area contributed by atoms with Crippen LogP contribution in [0.3, 0.4) is 0 Å². The summed E-state index contributed by atoms with van der Waals surface area (Å²) in [5.74, 6) is -1.29. The van der Waals surface area contributed by atoms with Crippen molar-refractivity contribution in [2.24, 2.45) is 0 Å². The topological polar surface area (TPSA) is 83.6 Å². The fourth-order valence-electron chi connectivity index (χ4n) is 3.25. The standard InChI is InChI=1S/C23H14Cl2FN5O/c24-17-5-3-14(4-6-17)22(30-23(32)15-1-2-16(11-27)20(26)9-15)19-8-7-18(25)10-21(19)31-13-28-12-29-31/h1-10,12-13,22H,(H,30,32)/t22-/m0/s1. The molecule has 0 radical (unpaired) electrons. The molecular formula is C23H14Cl2FN5O. The highest BCUT2D eigenvalue weighted by Crippen LogP contribution is 2.30. The average molecular weight is 466 g/mol. The van der Waals surface area contributed by atoms with Crippen LogP contribution in [0.1, 0.15) is 33.1 Å². The molecule has 32 heavy (non-hydrogen) atoms. The highest BCUT2D eigenvalue weighted by atomic mass is 35.5. The lowest BCUT2D eigenvalue weighted by Crippen LogP contribution is -2.30. The van der Waals surface area contributed by atoms with E-state index in [9.17, 15) is 9.18 Å². The van der Waals surface area contributed by atoms with Gasteiger partial charge in [0, 0.05) is 21.2 Å². The molecule has 1 atom stereocenters. The first-order valence-corrected chi connectivity index (χ1v) is 10.1. The third-order valence-corrected chi connectivity index (χ3v) is 5.29. The summed E-state index contributed by atoms with van der Waals surface area (Å²) in [6.45, 7) is 0. The van der Waals surface area contributed by atoms with E-state index >= 15 is 0 Å². The van der Waals surface area contributed by atoms with E-state index in [1.165, 1.54) is 29.5 Å². The Morgan fingerprint density at radius 2 is 1.81 bits per heavy atom. The minimum atomic E-state index is -0.766. The van der Waals surface area contributed by atoms with E-state index in [2.05, 4.69) is 15.4 Å². The Morgan fingerprint density at radius 3 is 2.47 bits per heavy atom. The first-order chi connectivity index (χ1) is 15.5. The number of nitriles is 1. The van der Waals surface area contributed by atoms with Gasteiger partial charge >= 0.3 is 0 Å². The predicted molar refractivity (Wildman–Crippen MR) is 118 cm³/mol. The van der Waals surface area contributed by atoms with Gasteiger partial charge in [0.2, 0.25) is 0 Å². The first-order valence-electron chi connectivity index (χ1n) is 9.36.